The fourth-order valence-electron chi connectivity index (χ4n) is 1.52. The molecule has 0 atom stereocenters. The molecule has 0 amide bonds. The van der Waals surface area contributed by atoms with Crippen LogP contribution in [0.3, 0.4) is 0 Å². The van der Waals surface area contributed by atoms with Crippen molar-refractivity contribution >= 4 is 0 Å². The molecule has 0 aliphatic heterocycles. The van der Waals surface area contributed by atoms with E-state index < -0.39 is 11.2 Å². The summed E-state index contributed by atoms with van der Waals surface area (Å²) in [6.45, 7) is 2.77. The summed E-state index contributed by atoms with van der Waals surface area (Å²) in [5.41, 5.74) is 0.352. The van der Waals surface area contributed by atoms with Gasteiger partial charge in [-0.05, 0) is 19.1 Å². The van der Waals surface area contributed by atoms with Crippen molar-refractivity contribution in [1.29, 1.82) is 0 Å². The highest BCUT2D eigenvalue weighted by Gasteiger charge is 1.97. The lowest BCUT2D eigenvalue weighted by Crippen LogP contribution is -2.30. The van der Waals surface area contributed by atoms with E-state index in [0.717, 1.165) is 5.75 Å². The zero-order valence-corrected chi connectivity index (χ0v) is 10.1. The van der Waals surface area contributed by atoms with Crippen LogP contribution in [-0.2, 0) is 6.54 Å². The van der Waals surface area contributed by atoms with Crippen LogP contribution >= 0.6 is 0 Å². The van der Waals surface area contributed by atoms with Crippen LogP contribution in [0.2, 0.25) is 0 Å². The van der Waals surface area contributed by atoms with E-state index in [1.165, 1.54) is 22.4 Å². The number of aryl methyl sites for hydroxylation is 1. The Bertz CT molecular complexity index is 626. The number of H-pyrrole nitrogens is 1. The van der Waals surface area contributed by atoms with Crippen molar-refractivity contribution in [2.45, 2.75) is 13.5 Å². The minimum Gasteiger partial charge on any atom is -0.492 e. The molecule has 0 unspecified atom stereocenters. The van der Waals surface area contributed by atoms with Gasteiger partial charge in [0, 0.05) is 12.3 Å². The minimum atomic E-state index is -0.421. The second-order valence-corrected chi connectivity index (χ2v) is 3.97. The first-order chi connectivity index (χ1) is 8.65. The van der Waals surface area contributed by atoms with Gasteiger partial charge in [0.25, 0.3) is 5.56 Å². The fourth-order valence-corrected chi connectivity index (χ4v) is 1.52. The van der Waals surface area contributed by atoms with Gasteiger partial charge in [-0.25, -0.2) is 4.79 Å². The SMILES string of the molecule is Cc1ccc(OCCn2ccc(=O)[nH]c2=O)cc1. The lowest BCUT2D eigenvalue weighted by atomic mass is 10.2. The molecule has 0 radical (unpaired) electrons. The Balaban J connectivity index is 1.94. The Morgan fingerprint density at radius 1 is 1.17 bits per heavy atom. The van der Waals surface area contributed by atoms with Crippen LogP contribution in [-0.4, -0.2) is 16.2 Å². The van der Waals surface area contributed by atoms with E-state index in [1.807, 2.05) is 31.2 Å². The molecule has 1 aromatic carbocycles. The predicted octanol–water partition coefficient (Wildman–Crippen LogP) is 0.924. The van der Waals surface area contributed by atoms with Gasteiger partial charge in [0.2, 0.25) is 0 Å². The highest BCUT2D eigenvalue weighted by Crippen LogP contribution is 2.10. The molecule has 2 aromatic rings. The van der Waals surface area contributed by atoms with Gasteiger partial charge in [0.1, 0.15) is 12.4 Å². The predicted molar refractivity (Wildman–Crippen MR) is 68.0 cm³/mol. The van der Waals surface area contributed by atoms with Crippen molar-refractivity contribution < 1.29 is 4.74 Å². The van der Waals surface area contributed by atoms with Crippen molar-refractivity contribution in [3.05, 3.63) is 62.9 Å². The molecule has 0 spiro atoms. The summed E-state index contributed by atoms with van der Waals surface area (Å²) in [7, 11) is 0. The Hall–Kier alpha value is -2.30. The Morgan fingerprint density at radius 3 is 2.56 bits per heavy atom. The second kappa shape index (κ2) is 5.35. The molecule has 5 nitrogen and oxygen atoms in total. The van der Waals surface area contributed by atoms with E-state index in [-0.39, 0.29) is 0 Å². The van der Waals surface area contributed by atoms with Crippen molar-refractivity contribution in [2.24, 2.45) is 0 Å². The van der Waals surface area contributed by atoms with Crippen LogP contribution in [0.25, 0.3) is 0 Å². The molecular weight excluding hydrogens is 232 g/mol. The molecule has 5 heteroatoms. The largest absolute Gasteiger partial charge is 0.492 e. The molecule has 0 saturated carbocycles. The monoisotopic (exact) mass is 246 g/mol. The number of nitrogens with one attached hydrogen (secondary N) is 1. The average molecular weight is 246 g/mol. The maximum absolute atomic E-state index is 11.4. The number of aromatic nitrogens is 2. The van der Waals surface area contributed by atoms with Gasteiger partial charge in [-0.1, -0.05) is 17.7 Å². The fraction of sp³-hybridized carbons (Fsp3) is 0.231. The van der Waals surface area contributed by atoms with Crippen LogP contribution in [0.1, 0.15) is 5.56 Å². The van der Waals surface area contributed by atoms with Gasteiger partial charge >= 0.3 is 5.69 Å². The van der Waals surface area contributed by atoms with Crippen LogP contribution in [0.15, 0.2) is 46.1 Å². The Labute approximate surface area is 104 Å². The summed E-state index contributed by atoms with van der Waals surface area (Å²) in [5.74, 6) is 0.762. The van der Waals surface area contributed by atoms with Gasteiger partial charge in [0.15, 0.2) is 0 Å². The number of aromatic amines is 1. The first kappa shape index (κ1) is 12.2. The maximum Gasteiger partial charge on any atom is 0.328 e. The summed E-state index contributed by atoms with van der Waals surface area (Å²) in [6.07, 6.45) is 1.46. The lowest BCUT2D eigenvalue weighted by molar-refractivity contribution is 0.295. The average Bonchev–Trinajstić information content (AvgIpc) is 2.34. The topological polar surface area (TPSA) is 64.1 Å². The third-order valence-electron chi connectivity index (χ3n) is 2.52. The van der Waals surface area contributed by atoms with Gasteiger partial charge < -0.3 is 4.74 Å². The van der Waals surface area contributed by atoms with Crippen LogP contribution in [0.4, 0.5) is 0 Å². The number of rotatable bonds is 4. The standard InChI is InChI=1S/C13H14N2O3/c1-10-2-4-11(5-3-10)18-9-8-15-7-6-12(16)14-13(15)17/h2-7H,8-9H2,1H3,(H,14,16,17). The third-order valence-corrected chi connectivity index (χ3v) is 2.52. The molecule has 0 aliphatic carbocycles. The van der Waals surface area contributed by atoms with Crippen LogP contribution in [0.5, 0.6) is 5.75 Å². The van der Waals surface area contributed by atoms with E-state index in [4.69, 9.17) is 4.74 Å². The molecule has 0 aliphatic rings. The van der Waals surface area contributed by atoms with E-state index in [0.29, 0.717) is 13.2 Å². The summed E-state index contributed by atoms with van der Waals surface area (Å²) in [4.78, 5) is 24.4. The highest BCUT2D eigenvalue weighted by molar-refractivity contribution is 5.26. The number of nitrogens with zero attached hydrogens (tertiary/aromatic N) is 1. The van der Waals surface area contributed by atoms with E-state index in [9.17, 15) is 9.59 Å². The number of hydrogen-bond donors (Lipinski definition) is 1. The zero-order valence-electron chi connectivity index (χ0n) is 10.1. The van der Waals surface area contributed by atoms with E-state index in [2.05, 4.69) is 4.98 Å². The molecular formula is C13H14N2O3. The quantitative estimate of drug-likeness (QED) is 0.872. The van der Waals surface area contributed by atoms with Crippen LogP contribution < -0.4 is 16.0 Å². The van der Waals surface area contributed by atoms with Crippen LogP contribution in [0, 0.1) is 6.92 Å². The van der Waals surface area contributed by atoms with Crippen molar-refractivity contribution in [1.82, 2.24) is 9.55 Å². The summed E-state index contributed by atoms with van der Waals surface area (Å²) < 4.78 is 6.90. The van der Waals surface area contributed by atoms with Crippen molar-refractivity contribution in [3.8, 4) is 5.75 Å². The van der Waals surface area contributed by atoms with Crippen molar-refractivity contribution in [3.63, 3.8) is 0 Å². The second-order valence-electron chi connectivity index (χ2n) is 3.97. The van der Waals surface area contributed by atoms with Gasteiger partial charge in [-0.2, -0.15) is 0 Å². The molecule has 18 heavy (non-hydrogen) atoms. The number of ether oxygens (including phenoxy) is 1. The Kier molecular flexibility index (Phi) is 3.62. The molecule has 1 heterocycles. The highest BCUT2D eigenvalue weighted by atomic mass is 16.5. The summed E-state index contributed by atoms with van der Waals surface area (Å²) in [6, 6.07) is 8.99. The van der Waals surface area contributed by atoms with E-state index in [1.54, 1.807) is 0 Å². The molecule has 2 rings (SSSR count). The lowest BCUT2D eigenvalue weighted by Gasteiger charge is -2.07. The molecule has 1 N–H and O–H groups in total. The van der Waals surface area contributed by atoms with Gasteiger partial charge in [0.05, 0.1) is 6.54 Å². The zero-order chi connectivity index (χ0) is 13.0. The first-order valence-electron chi connectivity index (χ1n) is 5.64. The molecule has 0 fully saturated rings. The summed E-state index contributed by atoms with van der Waals surface area (Å²) in [5, 5.41) is 0. The van der Waals surface area contributed by atoms with Gasteiger partial charge in [-0.3, -0.25) is 14.3 Å². The summed E-state index contributed by atoms with van der Waals surface area (Å²) >= 11 is 0. The normalized spacial score (nSPS) is 10.3. The molecule has 1 aromatic heterocycles. The smallest absolute Gasteiger partial charge is 0.328 e. The van der Waals surface area contributed by atoms with Crippen molar-refractivity contribution in [2.75, 3.05) is 6.61 Å². The van der Waals surface area contributed by atoms with Gasteiger partial charge in [-0.15, -0.1) is 0 Å². The maximum atomic E-state index is 11.4. The molecule has 0 saturated heterocycles. The number of benzene rings is 1. The number of hydrogen-bond acceptors (Lipinski definition) is 3. The Morgan fingerprint density at radius 2 is 1.89 bits per heavy atom. The molecule has 94 valence electrons. The van der Waals surface area contributed by atoms with E-state index >= 15 is 0 Å². The third kappa shape index (κ3) is 3.10. The first-order valence-corrected chi connectivity index (χ1v) is 5.64. The molecule has 0 bridgehead atoms. The minimum absolute atomic E-state index is 0.370.